The van der Waals surface area contributed by atoms with Crippen LogP contribution in [0.1, 0.15) is 6.92 Å². The maximum absolute atomic E-state index is 12.6. The Morgan fingerprint density at radius 1 is 1.24 bits per heavy atom. The van der Waals surface area contributed by atoms with Gasteiger partial charge in [-0.2, -0.15) is 4.99 Å². The van der Waals surface area contributed by atoms with Gasteiger partial charge in [0.05, 0.1) is 22.2 Å². The van der Waals surface area contributed by atoms with Gasteiger partial charge >= 0.3 is 5.97 Å². The van der Waals surface area contributed by atoms with Crippen molar-refractivity contribution >= 4 is 39.1 Å². The van der Waals surface area contributed by atoms with E-state index in [0.29, 0.717) is 16.0 Å². The summed E-state index contributed by atoms with van der Waals surface area (Å²) >= 11 is 1.07. The molecule has 0 spiro atoms. The van der Waals surface area contributed by atoms with Crippen molar-refractivity contribution in [3.8, 4) is 5.75 Å². The normalized spacial score (nSPS) is 12.6. The zero-order valence-electron chi connectivity index (χ0n) is 15.6. The molecule has 0 N–H and O–H groups in total. The van der Waals surface area contributed by atoms with Crippen molar-refractivity contribution in [3.05, 3.63) is 63.4 Å². The molecule has 0 bridgehead atoms. The summed E-state index contributed by atoms with van der Waals surface area (Å²) in [6, 6.07) is 13.1. The summed E-state index contributed by atoms with van der Waals surface area (Å²) < 4.78 is 12.3. The van der Waals surface area contributed by atoms with Gasteiger partial charge in [0.2, 0.25) is 0 Å². The highest BCUT2D eigenvalue weighted by atomic mass is 32.1. The van der Waals surface area contributed by atoms with Crippen LogP contribution in [-0.2, 0) is 20.9 Å². The zero-order chi connectivity index (χ0) is 21.0. The topological polar surface area (TPSA) is 113 Å². The van der Waals surface area contributed by atoms with Crippen molar-refractivity contribution in [2.45, 2.75) is 19.6 Å². The number of nitro benzene ring substituents is 1. The van der Waals surface area contributed by atoms with Gasteiger partial charge in [-0.15, -0.1) is 0 Å². The summed E-state index contributed by atoms with van der Waals surface area (Å²) in [5.41, 5.74) is 0.441. The fourth-order valence-corrected chi connectivity index (χ4v) is 3.61. The van der Waals surface area contributed by atoms with Crippen molar-refractivity contribution < 1.29 is 24.0 Å². The first-order chi connectivity index (χ1) is 13.9. The number of para-hydroxylation sites is 1. The minimum atomic E-state index is -0.858. The van der Waals surface area contributed by atoms with Crippen LogP contribution in [0.4, 0.5) is 5.69 Å². The third kappa shape index (κ3) is 4.66. The Morgan fingerprint density at radius 3 is 2.62 bits per heavy atom. The molecule has 1 atom stereocenters. The number of hydrogen-bond donors (Lipinski definition) is 0. The highest BCUT2D eigenvalue weighted by Crippen LogP contribution is 2.23. The fourth-order valence-electron chi connectivity index (χ4n) is 2.55. The summed E-state index contributed by atoms with van der Waals surface area (Å²) in [4.78, 5) is 39.2. The number of benzene rings is 2. The fraction of sp³-hybridized carbons (Fsp3) is 0.211. The molecule has 0 saturated heterocycles. The summed E-state index contributed by atoms with van der Waals surface area (Å²) in [5.74, 6) is -0.558. The van der Waals surface area contributed by atoms with Crippen LogP contribution < -0.4 is 9.54 Å². The standard InChI is InChI=1S/C19H17N3O6S/c1-12(28-14-6-4-3-5-7-14)18(24)20-19-21(11-17(23)27-2)15-9-8-13(22(25)26)10-16(15)29-19/h3-10,12H,11H2,1-2H3. The van der Waals surface area contributed by atoms with Crippen molar-refractivity contribution in [2.24, 2.45) is 4.99 Å². The molecule has 0 aliphatic heterocycles. The van der Waals surface area contributed by atoms with Crippen LogP contribution in [0.25, 0.3) is 10.2 Å². The molecule has 1 heterocycles. The lowest BCUT2D eigenvalue weighted by molar-refractivity contribution is -0.384. The first-order valence-corrected chi connectivity index (χ1v) is 9.35. The third-order valence-corrected chi connectivity index (χ3v) is 5.04. The number of esters is 1. The maximum Gasteiger partial charge on any atom is 0.325 e. The van der Waals surface area contributed by atoms with Crippen LogP contribution in [0.15, 0.2) is 53.5 Å². The Morgan fingerprint density at radius 2 is 1.97 bits per heavy atom. The monoisotopic (exact) mass is 415 g/mol. The molecule has 0 aliphatic carbocycles. The molecule has 9 nitrogen and oxygen atoms in total. The minimum Gasteiger partial charge on any atom is -0.481 e. The molecule has 150 valence electrons. The highest BCUT2D eigenvalue weighted by Gasteiger charge is 2.18. The van der Waals surface area contributed by atoms with Crippen molar-refractivity contribution in [3.63, 3.8) is 0 Å². The third-order valence-electron chi connectivity index (χ3n) is 4.00. The van der Waals surface area contributed by atoms with E-state index in [1.165, 1.54) is 29.9 Å². The summed E-state index contributed by atoms with van der Waals surface area (Å²) in [5, 5.41) is 11.0. The molecular formula is C19H17N3O6S. The zero-order valence-corrected chi connectivity index (χ0v) is 16.4. The predicted octanol–water partition coefficient (Wildman–Crippen LogP) is 2.68. The number of nitro groups is 1. The molecule has 3 aromatic rings. The van der Waals surface area contributed by atoms with Crippen LogP contribution in [0.5, 0.6) is 5.75 Å². The van der Waals surface area contributed by atoms with Crippen LogP contribution in [0.3, 0.4) is 0 Å². The Kier molecular flexibility index (Phi) is 6.03. The average molecular weight is 415 g/mol. The molecule has 1 aromatic heterocycles. The number of carbonyl (C=O) groups is 2. The number of methoxy groups -OCH3 is 1. The number of nitrogens with zero attached hydrogens (tertiary/aromatic N) is 3. The van der Waals surface area contributed by atoms with Crippen molar-refractivity contribution in [2.75, 3.05) is 7.11 Å². The van der Waals surface area contributed by atoms with E-state index in [0.717, 1.165) is 11.3 Å². The molecule has 3 rings (SSSR count). The van der Waals surface area contributed by atoms with Gasteiger partial charge in [0.25, 0.3) is 11.6 Å². The van der Waals surface area contributed by atoms with E-state index in [-0.39, 0.29) is 17.0 Å². The lowest BCUT2D eigenvalue weighted by Crippen LogP contribution is -2.27. The summed E-state index contributed by atoms with van der Waals surface area (Å²) in [7, 11) is 1.25. The van der Waals surface area contributed by atoms with E-state index in [1.54, 1.807) is 31.2 Å². The molecule has 0 radical (unpaired) electrons. The highest BCUT2D eigenvalue weighted by molar-refractivity contribution is 7.16. The van der Waals surface area contributed by atoms with Gasteiger partial charge in [0, 0.05) is 12.1 Å². The number of amides is 1. The SMILES string of the molecule is COC(=O)Cn1c(=NC(=O)C(C)Oc2ccccc2)sc2cc([N+](=O)[O-])ccc21. The number of ether oxygens (including phenoxy) is 2. The second kappa shape index (κ2) is 8.65. The first-order valence-electron chi connectivity index (χ1n) is 8.54. The number of rotatable bonds is 6. The van der Waals surface area contributed by atoms with Gasteiger partial charge < -0.3 is 14.0 Å². The van der Waals surface area contributed by atoms with E-state index >= 15 is 0 Å². The second-order valence-corrected chi connectivity index (χ2v) is 6.99. The number of thiazole rings is 1. The average Bonchev–Trinajstić information content (AvgIpc) is 3.04. The number of carbonyl (C=O) groups excluding carboxylic acids is 2. The largest absolute Gasteiger partial charge is 0.481 e. The summed E-state index contributed by atoms with van der Waals surface area (Å²) in [6.45, 7) is 1.38. The van der Waals surface area contributed by atoms with Gasteiger partial charge in [0.15, 0.2) is 10.9 Å². The molecular weight excluding hydrogens is 398 g/mol. The Labute approximate surface area is 169 Å². The Balaban J connectivity index is 2.01. The number of fused-ring (bicyclic) bond motifs is 1. The maximum atomic E-state index is 12.6. The Bertz CT molecular complexity index is 1140. The van der Waals surface area contributed by atoms with Crippen LogP contribution in [0, 0.1) is 10.1 Å². The van der Waals surface area contributed by atoms with Crippen LogP contribution in [0.2, 0.25) is 0 Å². The second-order valence-electron chi connectivity index (χ2n) is 5.98. The quantitative estimate of drug-likeness (QED) is 0.347. The van der Waals surface area contributed by atoms with Gasteiger partial charge in [0.1, 0.15) is 12.3 Å². The Hall–Kier alpha value is -3.53. The molecule has 10 heteroatoms. The van der Waals surface area contributed by atoms with E-state index in [4.69, 9.17) is 9.47 Å². The van der Waals surface area contributed by atoms with Gasteiger partial charge in [-0.25, -0.2) is 0 Å². The van der Waals surface area contributed by atoms with E-state index in [9.17, 15) is 19.7 Å². The van der Waals surface area contributed by atoms with Gasteiger partial charge in [-0.3, -0.25) is 19.7 Å². The first kappa shape index (κ1) is 20.2. The van der Waals surface area contributed by atoms with Gasteiger partial charge in [-0.05, 0) is 25.1 Å². The van der Waals surface area contributed by atoms with E-state index in [1.807, 2.05) is 6.07 Å². The number of non-ortho nitro benzene ring substituents is 1. The molecule has 0 fully saturated rings. The van der Waals surface area contributed by atoms with Gasteiger partial charge in [-0.1, -0.05) is 29.5 Å². The van der Waals surface area contributed by atoms with Crippen molar-refractivity contribution in [1.82, 2.24) is 4.57 Å². The minimum absolute atomic E-state index is 0.0948. The van der Waals surface area contributed by atoms with E-state index in [2.05, 4.69) is 4.99 Å². The van der Waals surface area contributed by atoms with Crippen LogP contribution in [-0.4, -0.2) is 34.6 Å². The molecule has 2 aromatic carbocycles. The lowest BCUT2D eigenvalue weighted by atomic mass is 10.3. The molecule has 29 heavy (non-hydrogen) atoms. The summed E-state index contributed by atoms with van der Waals surface area (Å²) in [6.07, 6.45) is -0.858. The molecule has 1 unspecified atom stereocenters. The van der Waals surface area contributed by atoms with E-state index < -0.39 is 22.9 Å². The number of aromatic nitrogens is 1. The smallest absolute Gasteiger partial charge is 0.325 e. The predicted molar refractivity (Wildman–Crippen MR) is 106 cm³/mol. The molecule has 0 saturated carbocycles. The van der Waals surface area contributed by atoms with Crippen molar-refractivity contribution in [1.29, 1.82) is 0 Å². The molecule has 1 amide bonds. The lowest BCUT2D eigenvalue weighted by Gasteiger charge is -2.10. The van der Waals surface area contributed by atoms with Crippen LogP contribution >= 0.6 is 11.3 Å². The number of hydrogen-bond acceptors (Lipinski definition) is 7. The molecule has 0 aliphatic rings.